The van der Waals surface area contributed by atoms with Gasteiger partial charge in [-0.15, -0.1) is 0 Å². The molecule has 1 aliphatic carbocycles. The first kappa shape index (κ1) is 26.5. The van der Waals surface area contributed by atoms with Gasteiger partial charge in [0.1, 0.15) is 34.6 Å². The summed E-state index contributed by atoms with van der Waals surface area (Å²) in [5.41, 5.74) is 1.97. The number of allylic oxidation sites excluding steroid dienone is 6. The number of hydrogen-bond acceptors (Lipinski definition) is 6. The first-order valence-electron chi connectivity index (χ1n) is 12.3. The second kappa shape index (κ2) is 12.2. The molecule has 2 aromatic carbocycles. The molecule has 39 heavy (non-hydrogen) atoms. The highest BCUT2D eigenvalue weighted by Crippen LogP contribution is 2.40. The van der Waals surface area contributed by atoms with Crippen LogP contribution in [0.5, 0.6) is 11.5 Å². The van der Waals surface area contributed by atoms with Crippen molar-refractivity contribution in [1.82, 2.24) is 19.6 Å². The predicted octanol–water partition coefficient (Wildman–Crippen LogP) is 6.62. The number of hydrogen-bond donors (Lipinski definition) is 0. The molecule has 4 aromatic rings. The Morgan fingerprint density at radius 1 is 0.974 bits per heavy atom. The Balaban J connectivity index is 1.31. The number of aromatic nitrogens is 4. The van der Waals surface area contributed by atoms with E-state index in [9.17, 15) is 0 Å². The summed E-state index contributed by atoms with van der Waals surface area (Å²) in [6.45, 7) is 1.09. The van der Waals surface area contributed by atoms with Gasteiger partial charge in [0.05, 0.1) is 43.8 Å². The molecule has 5 rings (SSSR count). The van der Waals surface area contributed by atoms with Crippen LogP contribution in [-0.4, -0.2) is 39.9 Å². The highest BCUT2D eigenvalue weighted by molar-refractivity contribution is 6.32. The molecule has 0 aliphatic heterocycles. The van der Waals surface area contributed by atoms with Gasteiger partial charge in [0.15, 0.2) is 0 Å². The second-order valence-corrected chi connectivity index (χ2v) is 9.03. The summed E-state index contributed by atoms with van der Waals surface area (Å²) in [6.07, 6.45) is 11.7. The third kappa shape index (κ3) is 6.00. The van der Waals surface area contributed by atoms with Gasteiger partial charge >= 0.3 is 0 Å². The summed E-state index contributed by atoms with van der Waals surface area (Å²) in [4.78, 5) is 8.31. The van der Waals surface area contributed by atoms with Crippen LogP contribution in [0.15, 0.2) is 73.1 Å². The van der Waals surface area contributed by atoms with Crippen molar-refractivity contribution in [3.8, 4) is 22.6 Å². The fourth-order valence-electron chi connectivity index (χ4n) is 4.22. The molecule has 10 heteroatoms. The van der Waals surface area contributed by atoms with Gasteiger partial charge in [0.2, 0.25) is 0 Å². The van der Waals surface area contributed by atoms with Gasteiger partial charge in [0.25, 0.3) is 5.78 Å². The van der Waals surface area contributed by atoms with Gasteiger partial charge in [-0.2, -0.15) is 19.6 Å². The molecule has 200 valence electrons. The zero-order chi connectivity index (χ0) is 27.2. The van der Waals surface area contributed by atoms with E-state index >= 15 is 8.78 Å². The van der Waals surface area contributed by atoms with E-state index in [4.69, 9.17) is 25.8 Å². The van der Waals surface area contributed by atoms with Crippen LogP contribution in [-0.2, 0) is 11.3 Å². The number of ether oxygens (including phenoxy) is 3. The third-order valence-electron chi connectivity index (χ3n) is 6.08. The zero-order valence-corrected chi connectivity index (χ0v) is 21.9. The molecule has 0 unspecified atom stereocenters. The molecule has 2 aromatic heterocycles. The first-order valence-corrected chi connectivity index (χ1v) is 12.7. The standard InChI is InChI=1S/C29H25ClF2N4O3/c1-37-21-11-9-19(10-12-21)17-38-13-6-14-39-22-15-23(31)25(24(32)16-22)26-27(20-7-4-2-3-5-8-20)36-29(33-18-34-36)35-28(26)30/h2-5,7,9-12,15-16,18H,6,8,13-14,17H2,1H3. The third-order valence-corrected chi connectivity index (χ3v) is 6.35. The Morgan fingerprint density at radius 3 is 2.54 bits per heavy atom. The minimum Gasteiger partial charge on any atom is -0.497 e. The SMILES string of the molecule is COc1ccc(COCCCOc2cc(F)c(-c3c(Cl)nc4ncnn4c3C3=CC=CC=CC3)c(F)c2)cc1. The van der Waals surface area contributed by atoms with Gasteiger partial charge < -0.3 is 14.2 Å². The number of nitrogens with zero attached hydrogens (tertiary/aromatic N) is 4. The normalized spacial score (nSPS) is 13.0. The first-order chi connectivity index (χ1) is 19.0. The van der Waals surface area contributed by atoms with E-state index < -0.39 is 11.6 Å². The molecule has 0 fully saturated rings. The molecule has 0 atom stereocenters. The van der Waals surface area contributed by atoms with E-state index in [1.807, 2.05) is 54.6 Å². The summed E-state index contributed by atoms with van der Waals surface area (Å²) in [7, 11) is 1.62. The molecule has 0 radical (unpaired) electrons. The van der Waals surface area contributed by atoms with Gasteiger partial charge in [0, 0.05) is 18.6 Å². The van der Waals surface area contributed by atoms with Crippen molar-refractivity contribution in [2.75, 3.05) is 20.3 Å². The maximum absolute atomic E-state index is 15.5. The Labute approximate surface area is 229 Å². The van der Waals surface area contributed by atoms with Gasteiger partial charge in [-0.3, -0.25) is 0 Å². The van der Waals surface area contributed by atoms with Crippen molar-refractivity contribution in [3.05, 3.63) is 101 Å². The summed E-state index contributed by atoms with van der Waals surface area (Å²) < 4.78 is 48.8. The van der Waals surface area contributed by atoms with Crippen LogP contribution >= 0.6 is 11.6 Å². The average molecular weight is 551 g/mol. The Morgan fingerprint density at radius 2 is 1.77 bits per heavy atom. The predicted molar refractivity (Wildman–Crippen MR) is 145 cm³/mol. The van der Waals surface area contributed by atoms with Crippen LogP contribution in [0.1, 0.15) is 24.1 Å². The number of rotatable bonds is 10. The number of benzene rings is 2. The number of methoxy groups -OCH3 is 1. The zero-order valence-electron chi connectivity index (χ0n) is 21.1. The highest BCUT2D eigenvalue weighted by Gasteiger charge is 2.25. The Bertz CT molecular complexity index is 1540. The quantitative estimate of drug-likeness (QED) is 0.163. The summed E-state index contributed by atoms with van der Waals surface area (Å²) >= 11 is 6.49. The minimum absolute atomic E-state index is 0.0657. The van der Waals surface area contributed by atoms with Crippen LogP contribution in [0.2, 0.25) is 5.15 Å². The maximum atomic E-state index is 15.5. The lowest BCUT2D eigenvalue weighted by atomic mass is 9.97. The van der Waals surface area contributed by atoms with E-state index in [1.54, 1.807) is 7.11 Å². The number of fused-ring (bicyclic) bond motifs is 1. The molecular formula is C29H25ClF2N4O3. The van der Waals surface area contributed by atoms with Crippen molar-refractivity contribution in [1.29, 1.82) is 0 Å². The molecule has 7 nitrogen and oxygen atoms in total. The van der Waals surface area contributed by atoms with Crippen LogP contribution in [0.25, 0.3) is 22.5 Å². The fourth-order valence-corrected chi connectivity index (χ4v) is 4.48. The van der Waals surface area contributed by atoms with E-state index in [0.717, 1.165) is 29.0 Å². The van der Waals surface area contributed by atoms with Crippen LogP contribution in [0.3, 0.4) is 0 Å². The summed E-state index contributed by atoms with van der Waals surface area (Å²) in [5.74, 6) is -0.583. The van der Waals surface area contributed by atoms with Crippen LogP contribution in [0.4, 0.5) is 8.78 Å². The smallest absolute Gasteiger partial charge is 0.254 e. The second-order valence-electron chi connectivity index (χ2n) is 8.67. The minimum atomic E-state index is -0.828. The lowest BCUT2D eigenvalue weighted by Gasteiger charge is -2.16. The van der Waals surface area contributed by atoms with E-state index in [1.165, 1.54) is 10.8 Å². The number of halogens is 3. The van der Waals surface area contributed by atoms with Gasteiger partial charge in [-0.05, 0) is 29.7 Å². The van der Waals surface area contributed by atoms with E-state index in [0.29, 0.717) is 31.7 Å². The van der Waals surface area contributed by atoms with Crippen molar-refractivity contribution in [2.45, 2.75) is 19.4 Å². The van der Waals surface area contributed by atoms with Gasteiger partial charge in [-0.25, -0.2) is 8.78 Å². The van der Waals surface area contributed by atoms with Crippen molar-refractivity contribution in [3.63, 3.8) is 0 Å². The summed E-state index contributed by atoms with van der Waals surface area (Å²) in [5, 5.41) is 4.15. The molecule has 1 aliphatic rings. The molecule has 0 saturated carbocycles. The fraction of sp³-hybridized carbons (Fsp3) is 0.207. The molecule has 0 N–H and O–H groups in total. The molecule has 2 heterocycles. The van der Waals surface area contributed by atoms with Crippen molar-refractivity contribution >= 4 is 23.0 Å². The maximum Gasteiger partial charge on any atom is 0.254 e. The highest BCUT2D eigenvalue weighted by atomic mass is 35.5. The molecule has 0 amide bonds. The molecule has 0 spiro atoms. The molecule has 0 saturated heterocycles. The topological polar surface area (TPSA) is 70.8 Å². The van der Waals surface area contributed by atoms with Crippen molar-refractivity contribution in [2.24, 2.45) is 0 Å². The average Bonchev–Trinajstić information content (AvgIpc) is 3.22. The summed E-state index contributed by atoms with van der Waals surface area (Å²) in [6, 6.07) is 9.87. The molecular weight excluding hydrogens is 526 g/mol. The largest absolute Gasteiger partial charge is 0.497 e. The van der Waals surface area contributed by atoms with E-state index in [-0.39, 0.29) is 34.4 Å². The Hall–Kier alpha value is -4.08. The van der Waals surface area contributed by atoms with Crippen LogP contribution < -0.4 is 9.47 Å². The van der Waals surface area contributed by atoms with Gasteiger partial charge in [-0.1, -0.05) is 54.1 Å². The Kier molecular flexibility index (Phi) is 8.29. The molecule has 0 bridgehead atoms. The van der Waals surface area contributed by atoms with E-state index in [2.05, 4.69) is 15.1 Å². The lowest BCUT2D eigenvalue weighted by molar-refractivity contribution is 0.107. The lowest BCUT2D eigenvalue weighted by Crippen LogP contribution is -2.07. The van der Waals surface area contributed by atoms with Crippen LogP contribution in [0, 0.1) is 11.6 Å². The van der Waals surface area contributed by atoms with Crippen molar-refractivity contribution < 1.29 is 23.0 Å². The monoisotopic (exact) mass is 550 g/mol.